The highest BCUT2D eigenvalue weighted by Crippen LogP contribution is 2.20. The molecule has 0 bridgehead atoms. The van der Waals surface area contributed by atoms with Gasteiger partial charge >= 0.3 is 0 Å². The fourth-order valence-electron chi connectivity index (χ4n) is 2.27. The summed E-state index contributed by atoms with van der Waals surface area (Å²) in [5, 5.41) is 5.66. The van der Waals surface area contributed by atoms with Crippen molar-refractivity contribution in [1.82, 2.24) is 5.32 Å². The number of hydrogen-bond acceptors (Lipinski definition) is 3. The molecule has 0 heterocycles. The van der Waals surface area contributed by atoms with E-state index in [1.54, 1.807) is 42.5 Å². The molecule has 0 atom stereocenters. The van der Waals surface area contributed by atoms with Crippen molar-refractivity contribution < 1.29 is 14.3 Å². The fraction of sp³-hybridized carbons (Fsp3) is 0.300. The first kappa shape index (κ1) is 18.5. The number of para-hydroxylation sites is 1. The highest BCUT2D eigenvalue weighted by atomic mass is 16.5. The molecule has 0 aliphatic heterocycles. The molecule has 0 radical (unpaired) electrons. The van der Waals surface area contributed by atoms with Crippen LogP contribution in [0, 0.1) is 0 Å². The third-order valence-electron chi connectivity index (χ3n) is 3.40. The van der Waals surface area contributed by atoms with Crippen LogP contribution >= 0.6 is 0 Å². The molecule has 0 aromatic heterocycles. The molecule has 0 aliphatic carbocycles. The summed E-state index contributed by atoms with van der Waals surface area (Å²) in [5.41, 5.74) is 1.53. The largest absolute Gasteiger partial charge is 0.493 e. The third kappa shape index (κ3) is 5.35. The fourth-order valence-corrected chi connectivity index (χ4v) is 2.27. The second kappa shape index (κ2) is 8.87. The van der Waals surface area contributed by atoms with Crippen molar-refractivity contribution in [1.29, 1.82) is 0 Å². The van der Waals surface area contributed by atoms with E-state index in [2.05, 4.69) is 10.6 Å². The number of rotatable bonds is 7. The molecule has 0 aliphatic rings. The summed E-state index contributed by atoms with van der Waals surface area (Å²) in [6.07, 6.45) is 0.864. The van der Waals surface area contributed by atoms with Crippen molar-refractivity contribution in [2.24, 2.45) is 0 Å². The topological polar surface area (TPSA) is 67.4 Å². The average Bonchev–Trinajstić information content (AvgIpc) is 2.59. The van der Waals surface area contributed by atoms with Crippen LogP contribution in [0.25, 0.3) is 0 Å². The molecule has 0 saturated carbocycles. The Balaban J connectivity index is 2.15. The lowest BCUT2D eigenvalue weighted by atomic mass is 10.1. The van der Waals surface area contributed by atoms with E-state index in [0.29, 0.717) is 29.2 Å². The van der Waals surface area contributed by atoms with Crippen molar-refractivity contribution in [2.45, 2.75) is 33.2 Å². The van der Waals surface area contributed by atoms with Gasteiger partial charge in [-0.3, -0.25) is 9.59 Å². The van der Waals surface area contributed by atoms with Crippen molar-refractivity contribution in [2.75, 3.05) is 11.9 Å². The molecule has 2 N–H and O–H groups in total. The number of nitrogens with one attached hydrogen (secondary N) is 2. The molecule has 0 saturated heterocycles. The molecule has 2 aromatic rings. The van der Waals surface area contributed by atoms with Gasteiger partial charge in [-0.2, -0.15) is 0 Å². The normalized spacial score (nSPS) is 10.4. The summed E-state index contributed by atoms with van der Waals surface area (Å²) < 4.78 is 5.63. The predicted molar refractivity (Wildman–Crippen MR) is 99.2 cm³/mol. The molecule has 5 nitrogen and oxygen atoms in total. The van der Waals surface area contributed by atoms with Gasteiger partial charge in [-0.25, -0.2) is 0 Å². The molecule has 0 spiro atoms. The predicted octanol–water partition coefficient (Wildman–Crippen LogP) is 3.87. The lowest BCUT2D eigenvalue weighted by Gasteiger charge is -2.12. The van der Waals surface area contributed by atoms with Crippen molar-refractivity contribution >= 4 is 17.5 Å². The van der Waals surface area contributed by atoms with Crippen molar-refractivity contribution in [3.05, 3.63) is 59.7 Å². The molecule has 25 heavy (non-hydrogen) atoms. The van der Waals surface area contributed by atoms with Gasteiger partial charge in [-0.1, -0.05) is 25.1 Å². The molecule has 2 rings (SSSR count). The summed E-state index contributed by atoms with van der Waals surface area (Å²) in [6.45, 7) is 6.36. The van der Waals surface area contributed by atoms with Gasteiger partial charge < -0.3 is 15.4 Å². The maximum atomic E-state index is 12.6. The first-order valence-corrected chi connectivity index (χ1v) is 8.45. The van der Waals surface area contributed by atoms with Crippen LogP contribution in [0.1, 0.15) is 47.9 Å². The minimum Gasteiger partial charge on any atom is -0.493 e. The maximum Gasteiger partial charge on any atom is 0.259 e. The van der Waals surface area contributed by atoms with Gasteiger partial charge in [0.2, 0.25) is 0 Å². The quantitative estimate of drug-likeness (QED) is 0.804. The van der Waals surface area contributed by atoms with Crippen LogP contribution in [0.2, 0.25) is 0 Å². The van der Waals surface area contributed by atoms with E-state index in [-0.39, 0.29) is 17.9 Å². The van der Waals surface area contributed by atoms with Gasteiger partial charge in [-0.05, 0) is 50.6 Å². The van der Waals surface area contributed by atoms with Crippen LogP contribution in [0.15, 0.2) is 48.5 Å². The lowest BCUT2D eigenvalue weighted by molar-refractivity contribution is 0.0941. The number of ether oxygens (including phenoxy) is 1. The van der Waals surface area contributed by atoms with Crippen molar-refractivity contribution in [3.63, 3.8) is 0 Å². The zero-order valence-electron chi connectivity index (χ0n) is 14.8. The van der Waals surface area contributed by atoms with E-state index in [1.807, 2.05) is 26.8 Å². The van der Waals surface area contributed by atoms with Gasteiger partial charge in [0.15, 0.2) is 0 Å². The van der Waals surface area contributed by atoms with E-state index in [4.69, 9.17) is 4.74 Å². The number of anilines is 1. The number of benzene rings is 2. The Kier molecular flexibility index (Phi) is 6.57. The molecule has 132 valence electrons. The van der Waals surface area contributed by atoms with Gasteiger partial charge in [0.1, 0.15) is 5.75 Å². The molecule has 0 fully saturated rings. The van der Waals surface area contributed by atoms with Crippen LogP contribution in [0.3, 0.4) is 0 Å². The van der Waals surface area contributed by atoms with Crippen LogP contribution < -0.4 is 15.4 Å². The third-order valence-corrected chi connectivity index (χ3v) is 3.40. The smallest absolute Gasteiger partial charge is 0.259 e. The summed E-state index contributed by atoms with van der Waals surface area (Å²) in [4.78, 5) is 24.7. The maximum absolute atomic E-state index is 12.6. The molecular formula is C20H24N2O3. The van der Waals surface area contributed by atoms with Gasteiger partial charge in [0.05, 0.1) is 12.2 Å². The minimum atomic E-state index is -0.270. The monoisotopic (exact) mass is 340 g/mol. The van der Waals surface area contributed by atoms with Gasteiger partial charge in [-0.15, -0.1) is 0 Å². The van der Waals surface area contributed by atoms with Crippen LogP contribution in [0.5, 0.6) is 5.75 Å². The molecule has 2 aromatic carbocycles. The van der Waals surface area contributed by atoms with Crippen LogP contribution in [0.4, 0.5) is 5.69 Å². The number of hydrogen-bond donors (Lipinski definition) is 2. The Morgan fingerprint density at radius 2 is 1.80 bits per heavy atom. The second-order valence-corrected chi connectivity index (χ2v) is 6.01. The summed E-state index contributed by atoms with van der Waals surface area (Å²) in [5.74, 6) is 0.112. The Morgan fingerprint density at radius 3 is 2.52 bits per heavy atom. The number of carbonyl (C=O) groups is 2. The first-order chi connectivity index (χ1) is 12.0. The standard InChI is InChI=1S/C20H24N2O3/c1-4-12-25-18-11-6-5-10-17(18)20(24)22-16-9-7-8-15(13-16)19(23)21-14(2)3/h5-11,13-14H,4,12H2,1-3H3,(H,21,23)(H,22,24). The lowest BCUT2D eigenvalue weighted by Crippen LogP contribution is -2.30. The second-order valence-electron chi connectivity index (χ2n) is 6.01. The summed E-state index contributed by atoms with van der Waals surface area (Å²) in [6, 6.07) is 14.0. The SMILES string of the molecule is CCCOc1ccccc1C(=O)Nc1cccc(C(=O)NC(C)C)c1. The van der Waals surface area contributed by atoms with E-state index in [1.165, 1.54) is 0 Å². The molecule has 5 heteroatoms. The highest BCUT2D eigenvalue weighted by Gasteiger charge is 2.13. The highest BCUT2D eigenvalue weighted by molar-refractivity contribution is 6.06. The Morgan fingerprint density at radius 1 is 1.04 bits per heavy atom. The van der Waals surface area contributed by atoms with E-state index < -0.39 is 0 Å². The summed E-state index contributed by atoms with van der Waals surface area (Å²) in [7, 11) is 0. The Hall–Kier alpha value is -2.82. The molecule has 0 unspecified atom stereocenters. The van der Waals surface area contributed by atoms with Crippen LogP contribution in [-0.4, -0.2) is 24.5 Å². The van der Waals surface area contributed by atoms with E-state index in [9.17, 15) is 9.59 Å². The molecule has 2 amide bonds. The van der Waals surface area contributed by atoms with Crippen molar-refractivity contribution in [3.8, 4) is 5.75 Å². The van der Waals surface area contributed by atoms with Gasteiger partial charge in [0, 0.05) is 17.3 Å². The average molecular weight is 340 g/mol. The summed E-state index contributed by atoms with van der Waals surface area (Å²) >= 11 is 0. The Bertz CT molecular complexity index is 741. The Labute approximate surface area is 148 Å². The number of amides is 2. The van der Waals surface area contributed by atoms with E-state index >= 15 is 0 Å². The number of carbonyl (C=O) groups excluding carboxylic acids is 2. The zero-order valence-corrected chi connectivity index (χ0v) is 14.8. The minimum absolute atomic E-state index is 0.0494. The first-order valence-electron chi connectivity index (χ1n) is 8.45. The molecular weight excluding hydrogens is 316 g/mol. The zero-order chi connectivity index (χ0) is 18.2. The van der Waals surface area contributed by atoms with Crippen LogP contribution in [-0.2, 0) is 0 Å². The van der Waals surface area contributed by atoms with Gasteiger partial charge in [0.25, 0.3) is 11.8 Å². The van der Waals surface area contributed by atoms with E-state index in [0.717, 1.165) is 6.42 Å².